The van der Waals surface area contributed by atoms with E-state index in [1.54, 1.807) is 25.1 Å². The zero-order valence-corrected chi connectivity index (χ0v) is 12.3. The molecule has 1 N–H and O–H groups in total. The van der Waals surface area contributed by atoms with Gasteiger partial charge in [-0.2, -0.15) is 0 Å². The van der Waals surface area contributed by atoms with Gasteiger partial charge in [0.1, 0.15) is 17.7 Å². The highest BCUT2D eigenvalue weighted by Crippen LogP contribution is 2.37. The molecule has 1 atom stereocenters. The molecular formula is C16H16ClFO2. The van der Waals surface area contributed by atoms with Gasteiger partial charge in [-0.3, -0.25) is 0 Å². The number of aryl methyl sites for hydroxylation is 2. The zero-order chi connectivity index (χ0) is 14.9. The van der Waals surface area contributed by atoms with Gasteiger partial charge in [-0.1, -0.05) is 23.7 Å². The van der Waals surface area contributed by atoms with Crippen LogP contribution in [0.3, 0.4) is 0 Å². The summed E-state index contributed by atoms with van der Waals surface area (Å²) in [5.41, 5.74) is 2.09. The first-order valence-corrected chi connectivity index (χ1v) is 6.60. The van der Waals surface area contributed by atoms with Gasteiger partial charge in [0.2, 0.25) is 0 Å². The molecule has 2 nitrogen and oxygen atoms in total. The second kappa shape index (κ2) is 5.81. The van der Waals surface area contributed by atoms with E-state index < -0.39 is 11.9 Å². The Morgan fingerprint density at radius 3 is 2.50 bits per heavy atom. The van der Waals surface area contributed by atoms with Crippen LogP contribution in [0.4, 0.5) is 4.39 Å². The van der Waals surface area contributed by atoms with Gasteiger partial charge < -0.3 is 9.84 Å². The van der Waals surface area contributed by atoms with Crippen LogP contribution < -0.4 is 4.74 Å². The topological polar surface area (TPSA) is 29.5 Å². The Labute approximate surface area is 122 Å². The predicted octanol–water partition coefficient (Wildman–Crippen LogP) is 4.19. The van der Waals surface area contributed by atoms with Crippen LogP contribution in [0.25, 0.3) is 0 Å². The molecule has 4 heteroatoms. The first kappa shape index (κ1) is 14.8. The van der Waals surface area contributed by atoms with Crippen LogP contribution in [0.5, 0.6) is 5.75 Å². The molecule has 0 aliphatic rings. The van der Waals surface area contributed by atoms with Crippen molar-refractivity contribution in [3.05, 3.63) is 63.4 Å². The summed E-state index contributed by atoms with van der Waals surface area (Å²) in [6, 6.07) is 8.27. The van der Waals surface area contributed by atoms with Crippen molar-refractivity contribution in [1.29, 1.82) is 0 Å². The normalized spacial score (nSPS) is 12.3. The van der Waals surface area contributed by atoms with E-state index in [2.05, 4.69) is 0 Å². The van der Waals surface area contributed by atoms with Gasteiger partial charge in [0.25, 0.3) is 0 Å². The van der Waals surface area contributed by atoms with Gasteiger partial charge in [-0.25, -0.2) is 4.39 Å². The summed E-state index contributed by atoms with van der Waals surface area (Å²) in [6.07, 6.45) is -1.17. The third-order valence-corrected chi connectivity index (χ3v) is 3.59. The Morgan fingerprint density at radius 2 is 1.90 bits per heavy atom. The third kappa shape index (κ3) is 2.65. The number of hydrogen-bond acceptors (Lipinski definition) is 2. The molecule has 0 aliphatic carbocycles. The minimum absolute atomic E-state index is 0.224. The highest BCUT2D eigenvalue weighted by Gasteiger charge is 2.23. The molecule has 0 spiro atoms. The largest absolute Gasteiger partial charge is 0.496 e. The van der Waals surface area contributed by atoms with Gasteiger partial charge in [-0.05, 0) is 43.2 Å². The second-order valence-corrected chi connectivity index (χ2v) is 5.14. The smallest absolute Gasteiger partial charge is 0.129 e. The number of halogens is 2. The number of benzene rings is 2. The lowest BCUT2D eigenvalue weighted by Crippen LogP contribution is -2.08. The molecule has 0 saturated carbocycles. The fourth-order valence-electron chi connectivity index (χ4n) is 2.38. The van der Waals surface area contributed by atoms with Gasteiger partial charge in [0.15, 0.2) is 0 Å². The van der Waals surface area contributed by atoms with Gasteiger partial charge >= 0.3 is 0 Å². The molecule has 0 radical (unpaired) electrons. The maximum absolute atomic E-state index is 14.2. The molecule has 2 rings (SSSR count). The first-order chi connectivity index (χ1) is 9.45. The fraction of sp³-hybridized carbons (Fsp3) is 0.250. The standard InChI is InChI=1S/C16H16ClFO2/c1-9-7-10(2)14(12(18)8-9)16(19)15-11(17)5-4-6-13(15)20-3/h4-8,16,19H,1-3H3. The maximum Gasteiger partial charge on any atom is 0.129 e. The number of methoxy groups -OCH3 is 1. The van der Waals surface area contributed by atoms with Crippen molar-refractivity contribution in [2.24, 2.45) is 0 Å². The number of aliphatic hydroxyl groups is 1. The van der Waals surface area contributed by atoms with Crippen LogP contribution in [0.15, 0.2) is 30.3 Å². The Morgan fingerprint density at radius 1 is 1.20 bits per heavy atom. The highest BCUT2D eigenvalue weighted by molar-refractivity contribution is 6.31. The third-order valence-electron chi connectivity index (χ3n) is 3.26. The van der Waals surface area contributed by atoms with Crippen LogP contribution in [-0.2, 0) is 0 Å². The lowest BCUT2D eigenvalue weighted by atomic mass is 9.95. The van der Waals surface area contributed by atoms with Gasteiger partial charge in [0, 0.05) is 11.1 Å². The van der Waals surface area contributed by atoms with Crippen LogP contribution in [0.1, 0.15) is 28.4 Å². The average Bonchev–Trinajstić information content (AvgIpc) is 2.36. The van der Waals surface area contributed by atoms with Crippen molar-refractivity contribution >= 4 is 11.6 Å². The molecule has 0 aliphatic heterocycles. The summed E-state index contributed by atoms with van der Waals surface area (Å²) in [5, 5.41) is 10.9. The summed E-state index contributed by atoms with van der Waals surface area (Å²) in [6.45, 7) is 3.57. The summed E-state index contributed by atoms with van der Waals surface area (Å²) in [4.78, 5) is 0. The number of ether oxygens (including phenoxy) is 1. The summed E-state index contributed by atoms with van der Waals surface area (Å²) in [7, 11) is 1.49. The molecule has 1 unspecified atom stereocenters. The Kier molecular flexibility index (Phi) is 4.31. The maximum atomic E-state index is 14.2. The summed E-state index contributed by atoms with van der Waals surface area (Å²) in [5.74, 6) is -0.0126. The number of rotatable bonds is 3. The molecule has 106 valence electrons. The van der Waals surface area contributed by atoms with E-state index in [1.807, 2.05) is 13.0 Å². The molecular weight excluding hydrogens is 279 g/mol. The zero-order valence-electron chi connectivity index (χ0n) is 11.6. The fourth-order valence-corrected chi connectivity index (χ4v) is 2.65. The lowest BCUT2D eigenvalue weighted by Gasteiger charge is -2.19. The first-order valence-electron chi connectivity index (χ1n) is 6.22. The van der Waals surface area contributed by atoms with E-state index >= 15 is 0 Å². The van der Waals surface area contributed by atoms with Gasteiger partial charge in [0.05, 0.1) is 12.1 Å². The van der Waals surface area contributed by atoms with Crippen molar-refractivity contribution in [1.82, 2.24) is 0 Å². The average molecular weight is 295 g/mol. The monoisotopic (exact) mass is 294 g/mol. The summed E-state index contributed by atoms with van der Waals surface area (Å²) >= 11 is 6.13. The molecule has 0 amide bonds. The lowest BCUT2D eigenvalue weighted by molar-refractivity contribution is 0.209. The van der Waals surface area contributed by atoms with Crippen LogP contribution in [-0.4, -0.2) is 12.2 Å². The van der Waals surface area contributed by atoms with E-state index in [4.69, 9.17) is 16.3 Å². The van der Waals surface area contributed by atoms with Crippen LogP contribution in [0.2, 0.25) is 5.02 Å². The van der Waals surface area contributed by atoms with E-state index in [-0.39, 0.29) is 5.56 Å². The van der Waals surface area contributed by atoms with Crippen molar-refractivity contribution < 1.29 is 14.2 Å². The quantitative estimate of drug-likeness (QED) is 0.920. The molecule has 0 aromatic heterocycles. The minimum atomic E-state index is -1.17. The van der Waals surface area contributed by atoms with E-state index in [9.17, 15) is 9.50 Å². The minimum Gasteiger partial charge on any atom is -0.496 e. The highest BCUT2D eigenvalue weighted by atomic mass is 35.5. The molecule has 20 heavy (non-hydrogen) atoms. The SMILES string of the molecule is COc1cccc(Cl)c1C(O)c1c(C)cc(C)cc1F. The van der Waals surface area contributed by atoms with Gasteiger partial charge in [-0.15, -0.1) is 0 Å². The Balaban J connectivity index is 2.61. The van der Waals surface area contributed by atoms with Crippen LogP contribution >= 0.6 is 11.6 Å². The Bertz CT molecular complexity index is 617. The van der Waals surface area contributed by atoms with Crippen molar-refractivity contribution in [2.45, 2.75) is 20.0 Å². The number of hydrogen-bond donors (Lipinski definition) is 1. The van der Waals surface area contributed by atoms with Crippen molar-refractivity contribution in [2.75, 3.05) is 7.11 Å². The molecule has 2 aromatic rings. The molecule has 2 aromatic carbocycles. The van der Waals surface area contributed by atoms with Crippen molar-refractivity contribution in [3.8, 4) is 5.75 Å². The summed E-state index contributed by atoms with van der Waals surface area (Å²) < 4.78 is 19.4. The molecule has 0 bridgehead atoms. The van der Waals surface area contributed by atoms with E-state index in [1.165, 1.54) is 13.2 Å². The number of aliphatic hydroxyl groups excluding tert-OH is 1. The Hall–Kier alpha value is -1.58. The van der Waals surface area contributed by atoms with E-state index in [0.717, 1.165) is 5.56 Å². The molecule has 0 fully saturated rings. The van der Waals surface area contributed by atoms with Crippen LogP contribution in [0, 0.1) is 19.7 Å². The van der Waals surface area contributed by atoms with E-state index in [0.29, 0.717) is 21.9 Å². The molecule has 0 heterocycles. The molecule has 0 saturated heterocycles. The second-order valence-electron chi connectivity index (χ2n) is 4.74. The van der Waals surface area contributed by atoms with Crippen molar-refractivity contribution in [3.63, 3.8) is 0 Å². The predicted molar refractivity (Wildman–Crippen MR) is 77.9 cm³/mol.